The Bertz CT molecular complexity index is 1030. The van der Waals surface area contributed by atoms with E-state index < -0.39 is 5.97 Å². The molecule has 0 bridgehead atoms. The quantitative estimate of drug-likeness (QED) is 0.425. The second kappa shape index (κ2) is 4.85. The van der Waals surface area contributed by atoms with Crippen molar-refractivity contribution in [3.63, 3.8) is 0 Å². The molecule has 0 atom stereocenters. The van der Waals surface area contributed by atoms with Gasteiger partial charge in [0.1, 0.15) is 0 Å². The van der Waals surface area contributed by atoms with Crippen LogP contribution in [0, 0.1) is 0 Å². The van der Waals surface area contributed by atoms with Crippen molar-refractivity contribution >= 4 is 38.3 Å². The van der Waals surface area contributed by atoms with E-state index in [1.165, 1.54) is 5.39 Å². The molecule has 0 aliphatic heterocycles. The molecule has 1 N–H and O–H groups in total. The standard InChI is InChI=1S/C20H14O2/c21-20(22)12-19-16-8-4-2-6-14(16)11-18-15-7-3-1-5-13(15)9-10-17(18)19/h1-11H,12H2,(H,21,22). The van der Waals surface area contributed by atoms with Crippen LogP contribution in [0.15, 0.2) is 66.7 Å². The number of carbonyl (C=O) groups is 1. The van der Waals surface area contributed by atoms with E-state index in [1.54, 1.807) is 0 Å². The van der Waals surface area contributed by atoms with E-state index in [1.807, 2.05) is 42.5 Å². The third-order valence-electron chi connectivity index (χ3n) is 4.21. The highest BCUT2D eigenvalue weighted by Crippen LogP contribution is 2.33. The first-order valence-electron chi connectivity index (χ1n) is 7.28. The van der Waals surface area contributed by atoms with Crippen LogP contribution < -0.4 is 0 Å². The predicted molar refractivity (Wildman–Crippen MR) is 90.3 cm³/mol. The maximum absolute atomic E-state index is 11.3. The van der Waals surface area contributed by atoms with Crippen molar-refractivity contribution in [1.29, 1.82) is 0 Å². The molecule has 0 heterocycles. The third-order valence-corrected chi connectivity index (χ3v) is 4.21. The average Bonchev–Trinajstić information content (AvgIpc) is 2.54. The number of rotatable bonds is 2. The van der Waals surface area contributed by atoms with E-state index in [0.717, 1.165) is 32.5 Å². The minimum Gasteiger partial charge on any atom is -0.481 e. The summed E-state index contributed by atoms with van der Waals surface area (Å²) in [4.78, 5) is 11.3. The molecule has 4 aromatic rings. The maximum Gasteiger partial charge on any atom is 0.307 e. The molecule has 106 valence electrons. The summed E-state index contributed by atoms with van der Waals surface area (Å²) in [7, 11) is 0. The third kappa shape index (κ3) is 1.92. The number of carboxylic acid groups (broad SMARTS) is 1. The Labute approximate surface area is 127 Å². The van der Waals surface area contributed by atoms with E-state index in [0.29, 0.717) is 0 Å². The highest BCUT2D eigenvalue weighted by molar-refractivity contribution is 6.14. The number of carboxylic acids is 1. The molecule has 4 aromatic carbocycles. The molecule has 2 nitrogen and oxygen atoms in total. The van der Waals surface area contributed by atoms with Gasteiger partial charge in [-0.1, -0.05) is 60.7 Å². The Balaban J connectivity index is 2.23. The lowest BCUT2D eigenvalue weighted by molar-refractivity contribution is -0.136. The number of hydrogen-bond donors (Lipinski definition) is 1. The first-order valence-corrected chi connectivity index (χ1v) is 7.28. The second-order valence-electron chi connectivity index (χ2n) is 5.53. The lowest BCUT2D eigenvalue weighted by Gasteiger charge is -2.12. The summed E-state index contributed by atoms with van der Waals surface area (Å²) in [6.45, 7) is 0. The Morgan fingerprint density at radius 2 is 1.41 bits per heavy atom. The molecular weight excluding hydrogens is 272 g/mol. The first kappa shape index (κ1) is 12.8. The van der Waals surface area contributed by atoms with Crippen molar-refractivity contribution in [1.82, 2.24) is 0 Å². The molecule has 0 radical (unpaired) electrons. The fourth-order valence-corrected chi connectivity index (χ4v) is 3.25. The predicted octanol–water partition coefficient (Wildman–Crippen LogP) is 4.77. The molecule has 0 amide bonds. The summed E-state index contributed by atoms with van der Waals surface area (Å²) in [6.07, 6.45) is 0.0379. The van der Waals surface area contributed by atoms with Crippen molar-refractivity contribution < 1.29 is 9.90 Å². The summed E-state index contributed by atoms with van der Waals surface area (Å²) in [6, 6.07) is 22.5. The smallest absolute Gasteiger partial charge is 0.307 e. The van der Waals surface area contributed by atoms with Gasteiger partial charge in [-0.25, -0.2) is 0 Å². The van der Waals surface area contributed by atoms with E-state index in [2.05, 4.69) is 24.3 Å². The van der Waals surface area contributed by atoms with E-state index in [-0.39, 0.29) is 6.42 Å². The summed E-state index contributed by atoms with van der Waals surface area (Å²) in [5, 5.41) is 15.9. The van der Waals surface area contributed by atoms with E-state index >= 15 is 0 Å². The van der Waals surface area contributed by atoms with Crippen molar-refractivity contribution in [3.05, 3.63) is 72.3 Å². The second-order valence-corrected chi connectivity index (χ2v) is 5.53. The molecule has 22 heavy (non-hydrogen) atoms. The van der Waals surface area contributed by atoms with Crippen LogP contribution in [0.1, 0.15) is 5.56 Å². The molecule has 0 saturated carbocycles. The zero-order chi connectivity index (χ0) is 15.1. The van der Waals surface area contributed by atoms with Gasteiger partial charge in [-0.2, -0.15) is 0 Å². The van der Waals surface area contributed by atoms with Gasteiger partial charge in [0.2, 0.25) is 0 Å². The van der Waals surface area contributed by atoms with Crippen LogP contribution in [0.25, 0.3) is 32.3 Å². The molecule has 0 spiro atoms. The minimum atomic E-state index is -0.800. The van der Waals surface area contributed by atoms with Crippen molar-refractivity contribution in [2.75, 3.05) is 0 Å². The highest BCUT2D eigenvalue weighted by Gasteiger charge is 2.12. The molecule has 0 unspecified atom stereocenters. The monoisotopic (exact) mass is 286 g/mol. The van der Waals surface area contributed by atoms with Gasteiger partial charge in [0.25, 0.3) is 0 Å². The Morgan fingerprint density at radius 3 is 2.18 bits per heavy atom. The SMILES string of the molecule is O=C(O)Cc1c2ccccc2cc2c1ccc1ccccc12. The van der Waals surface area contributed by atoms with Crippen LogP contribution in [0.3, 0.4) is 0 Å². The lowest BCUT2D eigenvalue weighted by atomic mass is 9.92. The van der Waals surface area contributed by atoms with Crippen LogP contribution in [0.5, 0.6) is 0 Å². The van der Waals surface area contributed by atoms with Gasteiger partial charge in [0.15, 0.2) is 0 Å². The Kier molecular flexibility index (Phi) is 2.83. The van der Waals surface area contributed by atoms with E-state index in [4.69, 9.17) is 0 Å². The first-order chi connectivity index (χ1) is 10.7. The van der Waals surface area contributed by atoms with Crippen LogP contribution in [0.4, 0.5) is 0 Å². The minimum absolute atomic E-state index is 0.0379. The van der Waals surface area contributed by atoms with Crippen molar-refractivity contribution in [2.24, 2.45) is 0 Å². The highest BCUT2D eigenvalue weighted by atomic mass is 16.4. The molecular formula is C20H14O2. The topological polar surface area (TPSA) is 37.3 Å². The average molecular weight is 286 g/mol. The van der Waals surface area contributed by atoms with Gasteiger partial charge in [-0.15, -0.1) is 0 Å². The zero-order valence-corrected chi connectivity index (χ0v) is 11.9. The fraction of sp³-hybridized carbons (Fsp3) is 0.0500. The van der Waals surface area contributed by atoms with Gasteiger partial charge in [0.05, 0.1) is 6.42 Å². The molecule has 2 heteroatoms. The molecule has 4 rings (SSSR count). The van der Waals surface area contributed by atoms with Gasteiger partial charge >= 0.3 is 5.97 Å². The van der Waals surface area contributed by atoms with Gasteiger partial charge in [-0.3, -0.25) is 4.79 Å². The van der Waals surface area contributed by atoms with Crippen LogP contribution in [-0.2, 0) is 11.2 Å². The van der Waals surface area contributed by atoms with Crippen molar-refractivity contribution in [3.8, 4) is 0 Å². The summed E-state index contributed by atoms with van der Waals surface area (Å²) in [5.41, 5.74) is 0.895. The normalized spacial score (nSPS) is 11.3. The lowest BCUT2D eigenvalue weighted by Crippen LogP contribution is -2.02. The van der Waals surface area contributed by atoms with Crippen LogP contribution in [0.2, 0.25) is 0 Å². The number of hydrogen-bond acceptors (Lipinski definition) is 1. The Hall–Kier alpha value is -2.87. The van der Waals surface area contributed by atoms with Crippen LogP contribution >= 0.6 is 0 Å². The molecule has 0 aliphatic rings. The van der Waals surface area contributed by atoms with Gasteiger partial charge < -0.3 is 5.11 Å². The molecule has 0 saturated heterocycles. The summed E-state index contributed by atoms with van der Waals surface area (Å²) < 4.78 is 0. The van der Waals surface area contributed by atoms with E-state index in [9.17, 15) is 9.90 Å². The fourth-order valence-electron chi connectivity index (χ4n) is 3.25. The summed E-state index contributed by atoms with van der Waals surface area (Å²) >= 11 is 0. The number of benzene rings is 4. The van der Waals surface area contributed by atoms with Gasteiger partial charge in [0, 0.05) is 0 Å². The molecule has 0 fully saturated rings. The molecule has 0 aromatic heterocycles. The maximum atomic E-state index is 11.3. The number of fused-ring (bicyclic) bond motifs is 4. The number of aliphatic carboxylic acids is 1. The Morgan fingerprint density at radius 1 is 0.727 bits per heavy atom. The largest absolute Gasteiger partial charge is 0.481 e. The van der Waals surface area contributed by atoms with Crippen LogP contribution in [-0.4, -0.2) is 11.1 Å². The van der Waals surface area contributed by atoms with Crippen molar-refractivity contribution in [2.45, 2.75) is 6.42 Å². The van der Waals surface area contributed by atoms with Gasteiger partial charge in [-0.05, 0) is 43.9 Å². The molecule has 0 aliphatic carbocycles. The zero-order valence-electron chi connectivity index (χ0n) is 11.9. The summed E-state index contributed by atoms with van der Waals surface area (Å²) in [5.74, 6) is -0.800.